The van der Waals surface area contributed by atoms with E-state index in [9.17, 15) is 5.11 Å². The number of fused-ring (bicyclic) bond motifs is 2. The first-order valence-electron chi connectivity index (χ1n) is 11.8. The number of rotatable bonds is 4. The molecule has 3 aliphatic rings. The molecule has 170 valence electrons. The molecule has 1 spiro atoms. The first kappa shape index (κ1) is 23.0. The summed E-state index contributed by atoms with van der Waals surface area (Å²) in [4.78, 5) is 0. The maximum atomic E-state index is 10.8. The Hall–Kier alpha value is -1.16. The average Bonchev–Trinajstić information content (AvgIpc) is 3.18. The first-order chi connectivity index (χ1) is 14.6. The molecule has 1 N–H and O–H groups in total. The maximum Gasteiger partial charge on any atom is 0.193 e. The zero-order valence-corrected chi connectivity index (χ0v) is 20.7. The third-order valence-electron chi connectivity index (χ3n) is 7.95. The van der Waals surface area contributed by atoms with E-state index in [1.165, 1.54) is 5.56 Å². The van der Waals surface area contributed by atoms with Crippen LogP contribution in [0, 0.1) is 29.6 Å². The van der Waals surface area contributed by atoms with Gasteiger partial charge in [0.2, 0.25) is 0 Å². The quantitative estimate of drug-likeness (QED) is 0.539. The van der Waals surface area contributed by atoms with Gasteiger partial charge in [0.15, 0.2) is 14.1 Å². The predicted molar refractivity (Wildman–Crippen MR) is 125 cm³/mol. The largest absolute Gasteiger partial charge is 0.403 e. The molecular formula is C26H38O4Si. The van der Waals surface area contributed by atoms with Crippen LogP contribution in [0.25, 0.3) is 0 Å². The monoisotopic (exact) mass is 442 g/mol. The van der Waals surface area contributed by atoms with E-state index in [2.05, 4.69) is 70.0 Å². The Kier molecular flexibility index (Phi) is 6.42. The lowest BCUT2D eigenvalue weighted by Gasteiger charge is -2.56. The fraction of sp³-hybridized carbons (Fsp3) is 0.692. The Bertz CT molecular complexity index is 813. The van der Waals surface area contributed by atoms with Crippen molar-refractivity contribution in [1.82, 2.24) is 0 Å². The Morgan fingerprint density at radius 1 is 1.16 bits per heavy atom. The summed E-state index contributed by atoms with van der Waals surface area (Å²) >= 11 is 0. The highest BCUT2D eigenvalue weighted by atomic mass is 28.4. The summed E-state index contributed by atoms with van der Waals surface area (Å²) in [5, 5.41) is 10.9. The van der Waals surface area contributed by atoms with Crippen LogP contribution in [0.15, 0.2) is 30.3 Å². The summed E-state index contributed by atoms with van der Waals surface area (Å²) in [6, 6.07) is 10.4. The molecule has 4 nitrogen and oxygen atoms in total. The maximum absolute atomic E-state index is 10.8. The van der Waals surface area contributed by atoms with Crippen LogP contribution in [0.5, 0.6) is 0 Å². The number of aliphatic hydroxyl groups excluding tert-OH is 1. The normalized spacial score (nSPS) is 30.8. The molecule has 4 rings (SSSR count). The van der Waals surface area contributed by atoms with Crippen molar-refractivity contribution in [2.24, 2.45) is 17.8 Å². The van der Waals surface area contributed by atoms with Crippen LogP contribution in [0.2, 0.25) is 18.1 Å². The van der Waals surface area contributed by atoms with Gasteiger partial charge in [-0.1, -0.05) is 62.9 Å². The van der Waals surface area contributed by atoms with Crippen molar-refractivity contribution in [2.75, 3.05) is 13.2 Å². The van der Waals surface area contributed by atoms with E-state index in [0.717, 1.165) is 25.7 Å². The molecule has 1 heterocycles. The minimum absolute atomic E-state index is 0.0292. The van der Waals surface area contributed by atoms with E-state index in [1.807, 2.05) is 6.07 Å². The van der Waals surface area contributed by atoms with Gasteiger partial charge in [-0.2, -0.15) is 0 Å². The Morgan fingerprint density at radius 2 is 1.84 bits per heavy atom. The summed E-state index contributed by atoms with van der Waals surface area (Å²) in [6.07, 6.45) is 2.80. The summed E-state index contributed by atoms with van der Waals surface area (Å²) < 4.78 is 18.7. The molecule has 0 radical (unpaired) electrons. The predicted octanol–water partition coefficient (Wildman–Crippen LogP) is 4.77. The number of hydrogen-bond donors (Lipinski definition) is 1. The smallest absolute Gasteiger partial charge is 0.193 e. The van der Waals surface area contributed by atoms with Gasteiger partial charge >= 0.3 is 0 Å². The first-order valence-corrected chi connectivity index (χ1v) is 14.7. The molecule has 0 aromatic heterocycles. The highest BCUT2D eigenvalue weighted by molar-refractivity contribution is 6.74. The molecule has 1 aromatic carbocycles. The minimum atomic E-state index is -1.97. The Morgan fingerprint density at radius 3 is 2.48 bits per heavy atom. The van der Waals surface area contributed by atoms with Crippen LogP contribution in [-0.4, -0.2) is 44.6 Å². The molecule has 2 saturated carbocycles. The molecule has 1 saturated heterocycles. The van der Waals surface area contributed by atoms with Gasteiger partial charge in [0.05, 0.1) is 19.3 Å². The number of hydrogen-bond acceptors (Lipinski definition) is 4. The van der Waals surface area contributed by atoms with Crippen LogP contribution in [-0.2, 0) is 20.3 Å². The third-order valence-corrected chi connectivity index (χ3v) is 12.4. The fourth-order valence-electron chi connectivity index (χ4n) is 5.09. The van der Waals surface area contributed by atoms with Crippen molar-refractivity contribution in [2.45, 2.75) is 82.6 Å². The van der Waals surface area contributed by atoms with E-state index >= 15 is 0 Å². The van der Waals surface area contributed by atoms with Gasteiger partial charge in [0.1, 0.15) is 6.10 Å². The van der Waals surface area contributed by atoms with Crippen LogP contribution in [0.4, 0.5) is 0 Å². The van der Waals surface area contributed by atoms with E-state index in [4.69, 9.17) is 13.9 Å². The average molecular weight is 443 g/mol. The van der Waals surface area contributed by atoms with Crippen LogP contribution in [0.3, 0.4) is 0 Å². The van der Waals surface area contributed by atoms with E-state index in [1.54, 1.807) is 0 Å². The second-order valence-corrected chi connectivity index (χ2v) is 15.8. The summed E-state index contributed by atoms with van der Waals surface area (Å²) in [6.45, 7) is 12.7. The lowest BCUT2D eigenvalue weighted by Crippen LogP contribution is -2.60. The lowest BCUT2D eigenvalue weighted by molar-refractivity contribution is -0.296. The van der Waals surface area contributed by atoms with Crippen molar-refractivity contribution in [3.05, 3.63) is 35.9 Å². The second-order valence-electron chi connectivity index (χ2n) is 11.0. The minimum Gasteiger partial charge on any atom is -0.403 e. The molecule has 5 heteroatoms. The SMILES string of the molecule is CC(C)(C)[Si](C)(C)O[C@H](C#C[C@H]1[C@@H]2CC3(OCCO3)[C@@H]2CC[C@@H]1O)Cc1ccccc1. The molecule has 31 heavy (non-hydrogen) atoms. The molecule has 0 unspecified atom stereocenters. The Labute approximate surface area is 188 Å². The summed E-state index contributed by atoms with van der Waals surface area (Å²) in [5.74, 6) is 7.24. The van der Waals surface area contributed by atoms with Crippen molar-refractivity contribution in [1.29, 1.82) is 0 Å². The molecule has 3 fully saturated rings. The van der Waals surface area contributed by atoms with Crippen molar-refractivity contribution < 1.29 is 19.0 Å². The zero-order valence-electron chi connectivity index (χ0n) is 19.7. The van der Waals surface area contributed by atoms with Crippen LogP contribution < -0.4 is 0 Å². The van der Waals surface area contributed by atoms with Gasteiger partial charge in [-0.3, -0.25) is 0 Å². The van der Waals surface area contributed by atoms with E-state index < -0.39 is 14.1 Å². The lowest BCUT2D eigenvalue weighted by atomic mass is 9.56. The molecular weight excluding hydrogens is 404 g/mol. The number of aliphatic hydroxyl groups is 1. The molecule has 1 aliphatic heterocycles. The number of ether oxygens (including phenoxy) is 2. The van der Waals surface area contributed by atoms with Gasteiger partial charge < -0.3 is 19.0 Å². The van der Waals surface area contributed by atoms with Gasteiger partial charge in [-0.25, -0.2) is 0 Å². The molecule has 5 atom stereocenters. The Balaban J connectivity index is 1.53. The van der Waals surface area contributed by atoms with Crippen molar-refractivity contribution in [3.8, 4) is 11.8 Å². The third kappa shape index (κ3) is 4.65. The van der Waals surface area contributed by atoms with Gasteiger partial charge in [0, 0.05) is 24.7 Å². The van der Waals surface area contributed by atoms with E-state index in [0.29, 0.717) is 25.0 Å². The molecule has 0 bridgehead atoms. The summed E-state index contributed by atoms with van der Waals surface area (Å²) in [7, 11) is -1.97. The zero-order chi connectivity index (χ0) is 22.3. The highest BCUT2D eigenvalue weighted by Crippen LogP contribution is 2.57. The van der Waals surface area contributed by atoms with Crippen LogP contribution in [0.1, 0.15) is 45.6 Å². The topological polar surface area (TPSA) is 47.9 Å². The van der Waals surface area contributed by atoms with Gasteiger partial charge in [-0.15, -0.1) is 0 Å². The number of benzene rings is 1. The summed E-state index contributed by atoms with van der Waals surface area (Å²) in [5.41, 5.74) is 1.23. The molecule has 2 aliphatic carbocycles. The van der Waals surface area contributed by atoms with Gasteiger partial charge in [-0.05, 0) is 42.5 Å². The fourth-order valence-corrected chi connectivity index (χ4v) is 6.30. The van der Waals surface area contributed by atoms with Gasteiger partial charge in [0.25, 0.3) is 0 Å². The van der Waals surface area contributed by atoms with Crippen molar-refractivity contribution >= 4 is 8.32 Å². The van der Waals surface area contributed by atoms with Crippen molar-refractivity contribution in [3.63, 3.8) is 0 Å². The second kappa shape index (κ2) is 8.65. The highest BCUT2D eigenvalue weighted by Gasteiger charge is 2.62. The molecule has 0 amide bonds. The van der Waals surface area contributed by atoms with E-state index in [-0.39, 0.29) is 23.2 Å². The van der Waals surface area contributed by atoms with Crippen LogP contribution >= 0.6 is 0 Å². The standard InChI is InChI=1S/C26H38O4Si/c1-25(2,3)31(4,5)30-20(17-19-9-7-6-8-10-19)11-12-21-22-18-26(28-15-16-29-26)23(22)13-14-24(21)27/h6-10,20-24,27H,13-18H2,1-5H3/t20-,21+,22+,23-,24+/m1/s1. The molecule has 1 aromatic rings.